The molecule has 0 saturated carbocycles. The second kappa shape index (κ2) is 7.77. The molecule has 1 fully saturated rings. The van der Waals surface area contributed by atoms with Gasteiger partial charge < -0.3 is 9.42 Å². The highest BCUT2D eigenvalue weighted by Gasteiger charge is 2.22. The van der Waals surface area contributed by atoms with Gasteiger partial charge in [0.15, 0.2) is 5.82 Å². The smallest absolute Gasteiger partial charge is 0.223 e. The third-order valence-corrected chi connectivity index (χ3v) is 5.28. The molecule has 146 valence electrons. The van der Waals surface area contributed by atoms with E-state index in [0.29, 0.717) is 12.4 Å². The van der Waals surface area contributed by atoms with E-state index in [9.17, 15) is 4.79 Å². The molecule has 4 rings (SSSR count). The lowest BCUT2D eigenvalue weighted by Gasteiger charge is -2.26. The van der Waals surface area contributed by atoms with Crippen LogP contribution in [0.5, 0.6) is 0 Å². The number of carbonyl (C=O) groups excluding carboxylic acids is 1. The molecule has 0 atom stereocenters. The van der Waals surface area contributed by atoms with Gasteiger partial charge in [0.25, 0.3) is 0 Å². The Morgan fingerprint density at radius 1 is 1.11 bits per heavy atom. The Bertz CT molecular complexity index is 799. The van der Waals surface area contributed by atoms with E-state index in [-0.39, 0.29) is 5.91 Å². The predicted molar refractivity (Wildman–Crippen MR) is 97.5 cm³/mol. The standard InChI is InChI=1S/C18H27N7O2/c1-14-19-18(21-27-14)13-23-7-9-25-17(12-23)10-16(20-25)11-22-4-3-5-24(8-6-22)15(2)26/h10H,3-9,11-13H2,1-2H3. The molecular weight excluding hydrogens is 346 g/mol. The summed E-state index contributed by atoms with van der Waals surface area (Å²) in [5.41, 5.74) is 2.34. The topological polar surface area (TPSA) is 83.5 Å². The van der Waals surface area contributed by atoms with E-state index in [1.807, 2.05) is 11.8 Å². The molecule has 2 aromatic heterocycles. The quantitative estimate of drug-likeness (QED) is 0.778. The van der Waals surface area contributed by atoms with E-state index in [0.717, 1.165) is 70.3 Å². The van der Waals surface area contributed by atoms with Gasteiger partial charge in [-0.2, -0.15) is 10.1 Å². The Labute approximate surface area is 158 Å². The molecule has 1 saturated heterocycles. The van der Waals surface area contributed by atoms with E-state index < -0.39 is 0 Å². The van der Waals surface area contributed by atoms with Crippen LogP contribution in [0.4, 0.5) is 0 Å². The Balaban J connectivity index is 1.35. The van der Waals surface area contributed by atoms with E-state index >= 15 is 0 Å². The summed E-state index contributed by atoms with van der Waals surface area (Å²) in [7, 11) is 0. The second-order valence-electron chi connectivity index (χ2n) is 7.43. The monoisotopic (exact) mass is 373 g/mol. The van der Waals surface area contributed by atoms with E-state index in [1.165, 1.54) is 5.69 Å². The van der Waals surface area contributed by atoms with Gasteiger partial charge in [0.05, 0.1) is 24.5 Å². The Morgan fingerprint density at radius 3 is 2.74 bits per heavy atom. The molecule has 1 amide bonds. The first-order chi connectivity index (χ1) is 13.1. The lowest BCUT2D eigenvalue weighted by atomic mass is 10.2. The molecule has 9 nitrogen and oxygen atoms in total. The van der Waals surface area contributed by atoms with Crippen LogP contribution in [-0.2, 0) is 31.0 Å². The maximum Gasteiger partial charge on any atom is 0.223 e. The third kappa shape index (κ3) is 4.36. The van der Waals surface area contributed by atoms with Crippen LogP contribution in [0.25, 0.3) is 0 Å². The molecule has 0 radical (unpaired) electrons. The van der Waals surface area contributed by atoms with Crippen LogP contribution in [0.2, 0.25) is 0 Å². The van der Waals surface area contributed by atoms with E-state index in [2.05, 4.69) is 30.7 Å². The van der Waals surface area contributed by atoms with Gasteiger partial charge in [0, 0.05) is 59.7 Å². The number of hydrogen-bond acceptors (Lipinski definition) is 7. The summed E-state index contributed by atoms with van der Waals surface area (Å²) in [4.78, 5) is 22.5. The number of fused-ring (bicyclic) bond motifs is 1. The number of aromatic nitrogens is 4. The number of aryl methyl sites for hydroxylation is 1. The lowest BCUT2D eigenvalue weighted by Crippen LogP contribution is -2.33. The largest absolute Gasteiger partial charge is 0.342 e. The fourth-order valence-electron chi connectivity index (χ4n) is 3.87. The van der Waals surface area contributed by atoms with Crippen molar-refractivity contribution in [3.05, 3.63) is 29.2 Å². The Hall–Kier alpha value is -2.26. The van der Waals surface area contributed by atoms with Crippen molar-refractivity contribution in [2.24, 2.45) is 0 Å². The molecule has 0 aliphatic carbocycles. The third-order valence-electron chi connectivity index (χ3n) is 5.28. The van der Waals surface area contributed by atoms with E-state index in [1.54, 1.807) is 6.92 Å². The summed E-state index contributed by atoms with van der Waals surface area (Å²) in [6.45, 7) is 11.2. The highest BCUT2D eigenvalue weighted by Crippen LogP contribution is 2.17. The molecular formula is C18H27N7O2. The van der Waals surface area contributed by atoms with Gasteiger partial charge in [-0.15, -0.1) is 0 Å². The van der Waals surface area contributed by atoms with Crippen LogP contribution in [0.3, 0.4) is 0 Å². The molecule has 0 aromatic carbocycles. The molecule has 0 bridgehead atoms. The van der Waals surface area contributed by atoms with Gasteiger partial charge in [-0.25, -0.2) is 0 Å². The molecule has 0 N–H and O–H groups in total. The normalized spacial score (nSPS) is 19.1. The fourth-order valence-corrected chi connectivity index (χ4v) is 3.87. The summed E-state index contributed by atoms with van der Waals surface area (Å²) in [5, 5.41) is 8.78. The lowest BCUT2D eigenvalue weighted by molar-refractivity contribution is -0.128. The minimum Gasteiger partial charge on any atom is -0.342 e. The number of rotatable bonds is 4. The highest BCUT2D eigenvalue weighted by atomic mass is 16.5. The van der Waals surface area contributed by atoms with Crippen molar-refractivity contribution in [2.75, 3.05) is 32.7 Å². The summed E-state index contributed by atoms with van der Waals surface area (Å²) in [6, 6.07) is 2.21. The SMILES string of the molecule is CC(=O)N1CCCN(Cc2cc3n(n2)CCN(Cc2noc(C)n2)C3)CC1. The molecule has 2 aliphatic rings. The molecule has 4 heterocycles. The summed E-state index contributed by atoms with van der Waals surface area (Å²) < 4.78 is 7.18. The molecule has 0 spiro atoms. The fraction of sp³-hybridized carbons (Fsp3) is 0.667. The zero-order chi connectivity index (χ0) is 18.8. The summed E-state index contributed by atoms with van der Waals surface area (Å²) in [5.74, 6) is 1.52. The van der Waals surface area contributed by atoms with Crippen molar-refractivity contribution >= 4 is 5.91 Å². The number of nitrogens with zero attached hydrogens (tertiary/aromatic N) is 7. The average molecular weight is 373 g/mol. The van der Waals surface area contributed by atoms with Crippen LogP contribution in [0, 0.1) is 6.92 Å². The zero-order valence-electron chi connectivity index (χ0n) is 16.1. The number of hydrogen-bond donors (Lipinski definition) is 0. The van der Waals surface area contributed by atoms with Gasteiger partial charge in [0.1, 0.15) is 0 Å². The van der Waals surface area contributed by atoms with Crippen LogP contribution in [0.1, 0.15) is 36.4 Å². The number of carbonyl (C=O) groups is 1. The van der Waals surface area contributed by atoms with Crippen LogP contribution >= 0.6 is 0 Å². The minimum atomic E-state index is 0.172. The summed E-state index contributed by atoms with van der Waals surface area (Å²) >= 11 is 0. The molecule has 2 aliphatic heterocycles. The molecule has 0 unspecified atom stereocenters. The summed E-state index contributed by atoms with van der Waals surface area (Å²) in [6.07, 6.45) is 1.02. The van der Waals surface area contributed by atoms with Gasteiger partial charge in [-0.3, -0.25) is 19.3 Å². The first-order valence-corrected chi connectivity index (χ1v) is 9.62. The Kier molecular flexibility index (Phi) is 5.22. The van der Waals surface area contributed by atoms with Crippen LogP contribution < -0.4 is 0 Å². The van der Waals surface area contributed by atoms with Crippen LogP contribution in [-0.4, -0.2) is 73.3 Å². The Morgan fingerprint density at radius 2 is 1.96 bits per heavy atom. The van der Waals surface area contributed by atoms with Gasteiger partial charge in [0.2, 0.25) is 11.8 Å². The molecule has 2 aromatic rings. The highest BCUT2D eigenvalue weighted by molar-refractivity contribution is 5.73. The van der Waals surface area contributed by atoms with Crippen molar-refractivity contribution in [3.63, 3.8) is 0 Å². The van der Waals surface area contributed by atoms with Crippen molar-refractivity contribution in [3.8, 4) is 0 Å². The van der Waals surface area contributed by atoms with Crippen molar-refractivity contribution in [2.45, 2.75) is 46.4 Å². The van der Waals surface area contributed by atoms with Gasteiger partial charge >= 0.3 is 0 Å². The van der Waals surface area contributed by atoms with Crippen molar-refractivity contribution in [1.29, 1.82) is 0 Å². The first kappa shape index (κ1) is 18.1. The maximum absolute atomic E-state index is 11.6. The van der Waals surface area contributed by atoms with Gasteiger partial charge in [-0.1, -0.05) is 5.16 Å². The van der Waals surface area contributed by atoms with Gasteiger partial charge in [-0.05, 0) is 12.5 Å². The number of amides is 1. The van der Waals surface area contributed by atoms with E-state index in [4.69, 9.17) is 9.62 Å². The van der Waals surface area contributed by atoms with Crippen molar-refractivity contribution in [1.82, 2.24) is 34.6 Å². The zero-order valence-corrected chi connectivity index (χ0v) is 16.1. The maximum atomic E-state index is 11.6. The van der Waals surface area contributed by atoms with Crippen LogP contribution in [0.15, 0.2) is 10.6 Å². The average Bonchev–Trinajstić information content (AvgIpc) is 3.13. The molecule has 27 heavy (non-hydrogen) atoms. The first-order valence-electron chi connectivity index (χ1n) is 9.62. The second-order valence-corrected chi connectivity index (χ2v) is 7.43. The molecule has 9 heteroatoms. The van der Waals surface area contributed by atoms with Crippen molar-refractivity contribution < 1.29 is 9.32 Å². The predicted octanol–water partition coefficient (Wildman–Crippen LogP) is 0.645. The minimum absolute atomic E-state index is 0.172.